The van der Waals surface area contributed by atoms with E-state index in [0.717, 1.165) is 41.7 Å². The zero-order valence-electron chi connectivity index (χ0n) is 16.1. The molecular formula is C22H21FN6. The molecular weight excluding hydrogens is 367 g/mol. The van der Waals surface area contributed by atoms with Gasteiger partial charge in [0, 0.05) is 34.9 Å². The molecule has 1 N–H and O–H groups in total. The predicted octanol–water partition coefficient (Wildman–Crippen LogP) is 3.82. The Balaban J connectivity index is 1.70. The van der Waals surface area contributed by atoms with E-state index >= 15 is 0 Å². The maximum Gasteiger partial charge on any atom is 0.204 e. The monoisotopic (exact) mass is 388 g/mol. The summed E-state index contributed by atoms with van der Waals surface area (Å²) in [5.41, 5.74) is 5.44. The molecule has 5 rings (SSSR count). The van der Waals surface area contributed by atoms with Crippen LogP contribution in [0.2, 0.25) is 0 Å². The molecule has 0 amide bonds. The van der Waals surface area contributed by atoms with Gasteiger partial charge in [0.2, 0.25) is 5.82 Å². The second kappa shape index (κ2) is 7.25. The molecule has 0 unspecified atom stereocenters. The van der Waals surface area contributed by atoms with Crippen molar-refractivity contribution in [3.63, 3.8) is 0 Å². The molecule has 1 aliphatic rings. The summed E-state index contributed by atoms with van der Waals surface area (Å²) in [6.45, 7) is 4.49. The van der Waals surface area contributed by atoms with E-state index in [1.165, 1.54) is 23.3 Å². The normalized spacial score (nSPS) is 14.3. The van der Waals surface area contributed by atoms with Gasteiger partial charge in [0.05, 0.1) is 12.1 Å². The lowest BCUT2D eigenvalue weighted by atomic mass is 9.98. The summed E-state index contributed by atoms with van der Waals surface area (Å²) in [5.74, 6) is 0.382. The first kappa shape index (κ1) is 17.8. The van der Waals surface area contributed by atoms with Crippen molar-refractivity contribution < 1.29 is 4.39 Å². The molecule has 2 aromatic carbocycles. The lowest BCUT2D eigenvalue weighted by Gasteiger charge is -2.13. The Labute approximate surface area is 167 Å². The van der Waals surface area contributed by atoms with E-state index in [1.807, 2.05) is 13.0 Å². The molecule has 146 valence electrons. The number of aromatic nitrogens is 5. The van der Waals surface area contributed by atoms with Gasteiger partial charge in [0.1, 0.15) is 5.82 Å². The van der Waals surface area contributed by atoms with Gasteiger partial charge in [-0.25, -0.2) is 4.39 Å². The van der Waals surface area contributed by atoms with Crippen LogP contribution in [0, 0.1) is 5.82 Å². The molecule has 1 aliphatic heterocycles. The van der Waals surface area contributed by atoms with Gasteiger partial charge in [-0.2, -0.15) is 4.80 Å². The van der Waals surface area contributed by atoms with Crippen molar-refractivity contribution in [1.82, 2.24) is 30.1 Å². The summed E-state index contributed by atoms with van der Waals surface area (Å²) < 4.78 is 15.6. The smallest absolute Gasteiger partial charge is 0.204 e. The number of fused-ring (bicyclic) bond motifs is 1. The lowest BCUT2D eigenvalue weighted by molar-refractivity contribution is 0.553. The van der Waals surface area contributed by atoms with Crippen LogP contribution >= 0.6 is 0 Å². The molecule has 0 atom stereocenters. The van der Waals surface area contributed by atoms with Gasteiger partial charge in [-0.1, -0.05) is 6.08 Å². The minimum atomic E-state index is -0.237. The second-order valence-corrected chi connectivity index (χ2v) is 7.11. The molecule has 0 fully saturated rings. The molecule has 3 heterocycles. The first-order chi connectivity index (χ1) is 14.2. The highest BCUT2D eigenvalue weighted by Crippen LogP contribution is 2.34. The number of hydrogen-bond donors (Lipinski definition) is 1. The Hall–Kier alpha value is -3.32. The molecule has 0 saturated carbocycles. The Morgan fingerprint density at radius 3 is 2.72 bits per heavy atom. The fourth-order valence-corrected chi connectivity index (χ4v) is 3.80. The largest absolute Gasteiger partial charge is 0.316 e. The van der Waals surface area contributed by atoms with Crippen LogP contribution in [0.5, 0.6) is 0 Å². The van der Waals surface area contributed by atoms with Gasteiger partial charge in [0.25, 0.3) is 0 Å². The molecule has 7 heteroatoms. The zero-order chi connectivity index (χ0) is 19.8. The Bertz CT molecular complexity index is 1200. The molecule has 0 aliphatic carbocycles. The van der Waals surface area contributed by atoms with E-state index in [9.17, 15) is 4.39 Å². The molecule has 2 aromatic heterocycles. The summed E-state index contributed by atoms with van der Waals surface area (Å²) in [7, 11) is 0. The molecule has 4 aromatic rings. The fraction of sp³-hybridized carbons (Fsp3) is 0.227. The van der Waals surface area contributed by atoms with Crippen LogP contribution in [0.15, 0.2) is 54.7 Å². The van der Waals surface area contributed by atoms with Crippen LogP contribution in [0.25, 0.3) is 33.6 Å². The van der Waals surface area contributed by atoms with Crippen molar-refractivity contribution in [3.8, 4) is 17.1 Å². The first-order valence-corrected chi connectivity index (χ1v) is 9.82. The number of tetrazole rings is 1. The molecule has 0 bridgehead atoms. The predicted molar refractivity (Wildman–Crippen MR) is 111 cm³/mol. The van der Waals surface area contributed by atoms with E-state index in [4.69, 9.17) is 0 Å². The van der Waals surface area contributed by atoms with E-state index in [-0.39, 0.29) is 5.82 Å². The van der Waals surface area contributed by atoms with Gasteiger partial charge in [0.15, 0.2) is 0 Å². The Morgan fingerprint density at radius 1 is 1.14 bits per heavy atom. The zero-order valence-corrected chi connectivity index (χ0v) is 16.1. The van der Waals surface area contributed by atoms with Gasteiger partial charge >= 0.3 is 0 Å². The third kappa shape index (κ3) is 3.23. The average molecular weight is 388 g/mol. The van der Waals surface area contributed by atoms with Crippen molar-refractivity contribution in [2.45, 2.75) is 19.9 Å². The van der Waals surface area contributed by atoms with Crippen molar-refractivity contribution in [1.29, 1.82) is 0 Å². The van der Waals surface area contributed by atoms with Gasteiger partial charge in [-0.05, 0) is 73.1 Å². The third-order valence-electron chi connectivity index (χ3n) is 5.31. The number of nitrogens with zero attached hydrogens (tertiary/aromatic N) is 5. The highest BCUT2D eigenvalue weighted by molar-refractivity contribution is 5.96. The number of halogens is 1. The number of rotatable bonds is 4. The molecule has 29 heavy (non-hydrogen) atoms. The first-order valence-electron chi connectivity index (χ1n) is 9.82. The SMILES string of the molecule is CCn1nnc(-c2ccc3c(c2)c(C2=CCNCC2)cn3-c2ccc(F)cc2)n1. The lowest BCUT2D eigenvalue weighted by Crippen LogP contribution is -2.19. The summed E-state index contributed by atoms with van der Waals surface area (Å²) in [4.78, 5) is 1.58. The van der Waals surface area contributed by atoms with Crippen LogP contribution < -0.4 is 5.32 Å². The molecule has 6 nitrogen and oxygen atoms in total. The van der Waals surface area contributed by atoms with Crippen LogP contribution in [-0.4, -0.2) is 37.9 Å². The Morgan fingerprint density at radius 2 is 2.00 bits per heavy atom. The van der Waals surface area contributed by atoms with Crippen LogP contribution in [0.1, 0.15) is 18.9 Å². The van der Waals surface area contributed by atoms with Crippen molar-refractivity contribution in [3.05, 3.63) is 66.1 Å². The van der Waals surface area contributed by atoms with E-state index in [0.29, 0.717) is 12.4 Å². The summed E-state index contributed by atoms with van der Waals surface area (Å²) in [6, 6.07) is 12.8. The second-order valence-electron chi connectivity index (χ2n) is 7.11. The maximum absolute atomic E-state index is 13.4. The van der Waals surface area contributed by atoms with E-state index < -0.39 is 0 Å². The van der Waals surface area contributed by atoms with E-state index in [1.54, 1.807) is 16.9 Å². The molecule has 0 radical (unpaired) electrons. The van der Waals surface area contributed by atoms with Crippen LogP contribution in [0.4, 0.5) is 4.39 Å². The summed E-state index contributed by atoms with van der Waals surface area (Å²) in [6.07, 6.45) is 5.36. The minimum Gasteiger partial charge on any atom is -0.316 e. The quantitative estimate of drug-likeness (QED) is 0.577. The number of aryl methyl sites for hydroxylation is 1. The van der Waals surface area contributed by atoms with Crippen molar-refractivity contribution in [2.24, 2.45) is 0 Å². The van der Waals surface area contributed by atoms with Crippen molar-refractivity contribution in [2.75, 3.05) is 13.1 Å². The number of benzene rings is 2. The minimum absolute atomic E-state index is 0.237. The highest BCUT2D eigenvalue weighted by atomic mass is 19.1. The van der Waals surface area contributed by atoms with Crippen molar-refractivity contribution >= 4 is 16.5 Å². The Kier molecular flexibility index (Phi) is 4.44. The maximum atomic E-state index is 13.4. The molecule has 0 spiro atoms. The van der Waals surface area contributed by atoms with Gasteiger partial charge in [-0.15, -0.1) is 10.2 Å². The number of nitrogens with one attached hydrogen (secondary N) is 1. The topological polar surface area (TPSA) is 60.6 Å². The fourth-order valence-electron chi connectivity index (χ4n) is 3.80. The van der Waals surface area contributed by atoms with E-state index in [2.05, 4.69) is 49.7 Å². The van der Waals surface area contributed by atoms with Gasteiger partial charge < -0.3 is 9.88 Å². The number of hydrogen-bond acceptors (Lipinski definition) is 4. The third-order valence-corrected chi connectivity index (χ3v) is 5.31. The summed E-state index contributed by atoms with van der Waals surface area (Å²) >= 11 is 0. The van der Waals surface area contributed by atoms with Gasteiger partial charge in [-0.3, -0.25) is 0 Å². The standard InChI is InChI=1S/C22H21FN6/c1-2-29-26-22(25-27-29)16-3-8-21-19(13-16)20(15-9-11-24-12-10-15)14-28(21)18-6-4-17(23)5-7-18/h3-9,13-14,24H,2,10-12H2,1H3. The van der Waals surface area contributed by atoms with Crippen LogP contribution in [0.3, 0.4) is 0 Å². The highest BCUT2D eigenvalue weighted by Gasteiger charge is 2.17. The molecule has 0 saturated heterocycles. The van der Waals surface area contributed by atoms with Crippen LogP contribution in [-0.2, 0) is 6.54 Å². The average Bonchev–Trinajstić information content (AvgIpc) is 3.39. The summed E-state index contributed by atoms with van der Waals surface area (Å²) in [5, 5.41) is 17.2.